The van der Waals surface area contributed by atoms with Gasteiger partial charge in [-0.05, 0) is 62.6 Å². The van der Waals surface area contributed by atoms with Crippen molar-refractivity contribution in [3.05, 3.63) is 29.8 Å². The first-order valence-corrected chi connectivity index (χ1v) is 8.95. The highest BCUT2D eigenvalue weighted by Crippen LogP contribution is 2.47. The lowest BCUT2D eigenvalue weighted by molar-refractivity contribution is -0.126. The third kappa shape index (κ3) is 4.81. The Bertz CT molecular complexity index is 567. The Morgan fingerprint density at radius 1 is 1.28 bits per heavy atom. The van der Waals surface area contributed by atoms with Crippen molar-refractivity contribution in [2.24, 2.45) is 23.5 Å². The smallest absolute Gasteiger partial charge is 0.225 e. The van der Waals surface area contributed by atoms with E-state index in [1.54, 1.807) is 0 Å². The van der Waals surface area contributed by atoms with E-state index in [9.17, 15) is 4.79 Å². The standard InChI is InChI=1S/C19H29N3O.2ClH/c1-3-22(16-6-4-5-13(2)11-16)10-9-21-19(23)17-14-7-8-15(12-14)18(17)20;;/h4-6,11,14-15,17-18H,3,7-10,12,20H2,1-2H3,(H,21,23);2*1H. The number of anilines is 1. The number of benzene rings is 1. The molecule has 0 spiro atoms. The van der Waals surface area contributed by atoms with E-state index < -0.39 is 0 Å². The molecule has 2 aliphatic carbocycles. The fraction of sp³-hybridized carbons (Fsp3) is 0.632. The lowest BCUT2D eigenvalue weighted by atomic mass is 9.84. The van der Waals surface area contributed by atoms with E-state index in [-0.39, 0.29) is 42.7 Å². The highest BCUT2D eigenvalue weighted by Gasteiger charge is 2.48. The largest absolute Gasteiger partial charge is 0.370 e. The van der Waals surface area contributed by atoms with E-state index in [0.29, 0.717) is 18.4 Å². The van der Waals surface area contributed by atoms with Crippen molar-refractivity contribution in [2.75, 3.05) is 24.5 Å². The lowest BCUT2D eigenvalue weighted by Crippen LogP contribution is -2.46. The number of hydrogen-bond acceptors (Lipinski definition) is 3. The molecule has 2 bridgehead atoms. The van der Waals surface area contributed by atoms with Gasteiger partial charge in [0.1, 0.15) is 0 Å². The maximum atomic E-state index is 12.5. The minimum absolute atomic E-state index is 0. The van der Waals surface area contributed by atoms with Gasteiger partial charge in [-0.2, -0.15) is 0 Å². The summed E-state index contributed by atoms with van der Waals surface area (Å²) in [6.07, 6.45) is 3.55. The van der Waals surface area contributed by atoms with Crippen LogP contribution < -0.4 is 16.0 Å². The summed E-state index contributed by atoms with van der Waals surface area (Å²) in [6, 6.07) is 8.59. The van der Waals surface area contributed by atoms with Crippen LogP contribution in [0.2, 0.25) is 0 Å². The molecule has 2 fully saturated rings. The number of halogens is 2. The molecule has 6 heteroatoms. The molecular weight excluding hydrogens is 357 g/mol. The molecule has 3 rings (SSSR count). The van der Waals surface area contributed by atoms with Gasteiger partial charge in [-0.1, -0.05) is 12.1 Å². The van der Waals surface area contributed by atoms with Gasteiger partial charge in [-0.3, -0.25) is 4.79 Å². The zero-order chi connectivity index (χ0) is 16.4. The first-order chi connectivity index (χ1) is 11.1. The third-order valence-corrected chi connectivity index (χ3v) is 5.71. The summed E-state index contributed by atoms with van der Waals surface area (Å²) in [5.74, 6) is 1.32. The van der Waals surface area contributed by atoms with Crippen molar-refractivity contribution in [3.63, 3.8) is 0 Å². The Kier molecular flexibility index (Phi) is 8.52. The molecule has 4 unspecified atom stereocenters. The van der Waals surface area contributed by atoms with Gasteiger partial charge in [0.25, 0.3) is 0 Å². The Morgan fingerprint density at radius 3 is 2.60 bits per heavy atom. The van der Waals surface area contributed by atoms with Gasteiger partial charge >= 0.3 is 0 Å². The van der Waals surface area contributed by atoms with E-state index >= 15 is 0 Å². The fourth-order valence-electron chi connectivity index (χ4n) is 4.45. The molecule has 0 aliphatic heterocycles. The van der Waals surface area contributed by atoms with Crippen LogP contribution in [0.25, 0.3) is 0 Å². The van der Waals surface area contributed by atoms with E-state index in [1.807, 2.05) is 0 Å². The Balaban J connectivity index is 0.00000156. The van der Waals surface area contributed by atoms with Crippen LogP contribution in [0.3, 0.4) is 0 Å². The van der Waals surface area contributed by atoms with Gasteiger partial charge in [0.15, 0.2) is 0 Å². The number of amides is 1. The molecule has 2 aliphatic rings. The number of likely N-dealkylation sites (N-methyl/N-ethyl adjacent to an activating group) is 1. The Hall–Kier alpha value is -0.970. The van der Waals surface area contributed by atoms with Crippen LogP contribution in [0.1, 0.15) is 31.7 Å². The van der Waals surface area contributed by atoms with Gasteiger partial charge in [-0.25, -0.2) is 0 Å². The van der Waals surface area contributed by atoms with E-state index in [1.165, 1.54) is 24.1 Å². The molecule has 1 amide bonds. The van der Waals surface area contributed by atoms with E-state index in [2.05, 4.69) is 48.3 Å². The van der Waals surface area contributed by atoms with Crippen LogP contribution in [-0.4, -0.2) is 31.6 Å². The van der Waals surface area contributed by atoms with Gasteiger partial charge in [0.05, 0.1) is 5.92 Å². The van der Waals surface area contributed by atoms with Crippen LogP contribution in [0, 0.1) is 24.7 Å². The molecule has 25 heavy (non-hydrogen) atoms. The molecule has 0 saturated heterocycles. The van der Waals surface area contributed by atoms with Crippen LogP contribution in [0.4, 0.5) is 5.69 Å². The number of aryl methyl sites for hydroxylation is 1. The molecule has 4 atom stereocenters. The first-order valence-electron chi connectivity index (χ1n) is 8.95. The SMILES string of the molecule is CCN(CCNC(=O)C1C2CCC(C2)C1N)c1cccc(C)c1.Cl.Cl. The van der Waals surface area contributed by atoms with E-state index in [4.69, 9.17) is 5.73 Å². The number of carbonyl (C=O) groups is 1. The molecule has 0 radical (unpaired) electrons. The second kappa shape index (κ2) is 9.65. The summed E-state index contributed by atoms with van der Waals surface area (Å²) in [7, 11) is 0. The minimum atomic E-state index is 0. The van der Waals surface area contributed by atoms with E-state index in [0.717, 1.165) is 19.5 Å². The Labute approximate surface area is 163 Å². The fourth-order valence-corrected chi connectivity index (χ4v) is 4.45. The molecule has 0 aromatic heterocycles. The summed E-state index contributed by atoms with van der Waals surface area (Å²) < 4.78 is 0. The quantitative estimate of drug-likeness (QED) is 0.787. The van der Waals surface area contributed by atoms with Crippen LogP contribution in [-0.2, 0) is 4.79 Å². The summed E-state index contributed by atoms with van der Waals surface area (Å²) in [5, 5.41) is 3.13. The predicted molar refractivity (Wildman–Crippen MR) is 109 cm³/mol. The van der Waals surface area contributed by atoms with Crippen molar-refractivity contribution in [2.45, 2.75) is 39.2 Å². The molecule has 142 valence electrons. The maximum absolute atomic E-state index is 12.5. The van der Waals surface area contributed by atoms with Crippen LogP contribution in [0.15, 0.2) is 24.3 Å². The highest BCUT2D eigenvalue weighted by atomic mass is 35.5. The topological polar surface area (TPSA) is 58.4 Å². The lowest BCUT2D eigenvalue weighted by Gasteiger charge is -2.28. The number of rotatable bonds is 6. The highest BCUT2D eigenvalue weighted by molar-refractivity contribution is 5.85. The number of fused-ring (bicyclic) bond motifs is 2. The first kappa shape index (κ1) is 22.1. The normalized spacial score (nSPS) is 26.5. The maximum Gasteiger partial charge on any atom is 0.225 e. The van der Waals surface area contributed by atoms with Crippen LogP contribution >= 0.6 is 24.8 Å². The number of hydrogen-bond donors (Lipinski definition) is 2. The van der Waals surface area contributed by atoms with Gasteiger partial charge < -0.3 is 16.0 Å². The van der Waals surface area contributed by atoms with Crippen molar-refractivity contribution in [3.8, 4) is 0 Å². The molecule has 0 heterocycles. The summed E-state index contributed by atoms with van der Waals surface area (Å²) in [5.41, 5.74) is 8.74. The molecule has 1 aromatic rings. The predicted octanol–water partition coefficient (Wildman–Crippen LogP) is 3.15. The number of nitrogens with two attached hydrogens (primary N) is 1. The minimum Gasteiger partial charge on any atom is -0.370 e. The average molecular weight is 388 g/mol. The number of nitrogens with one attached hydrogen (secondary N) is 1. The third-order valence-electron chi connectivity index (χ3n) is 5.71. The molecule has 1 aromatic carbocycles. The zero-order valence-electron chi connectivity index (χ0n) is 15.1. The second-order valence-electron chi connectivity index (χ2n) is 7.15. The van der Waals surface area contributed by atoms with Gasteiger partial charge in [-0.15, -0.1) is 24.8 Å². The van der Waals surface area contributed by atoms with Crippen molar-refractivity contribution >= 4 is 36.4 Å². The van der Waals surface area contributed by atoms with Gasteiger partial charge in [0.2, 0.25) is 5.91 Å². The molecule has 3 N–H and O–H groups in total. The molecular formula is C19H31Cl2N3O. The molecule has 2 saturated carbocycles. The van der Waals surface area contributed by atoms with Crippen molar-refractivity contribution in [1.82, 2.24) is 5.32 Å². The number of nitrogens with zero attached hydrogens (tertiary/aromatic N) is 1. The van der Waals surface area contributed by atoms with Crippen LogP contribution in [0.5, 0.6) is 0 Å². The monoisotopic (exact) mass is 387 g/mol. The molecule has 4 nitrogen and oxygen atoms in total. The summed E-state index contributed by atoms with van der Waals surface area (Å²) in [4.78, 5) is 14.8. The number of carbonyl (C=O) groups excluding carboxylic acids is 1. The van der Waals surface area contributed by atoms with Crippen molar-refractivity contribution < 1.29 is 4.79 Å². The van der Waals surface area contributed by atoms with Crippen molar-refractivity contribution in [1.29, 1.82) is 0 Å². The summed E-state index contributed by atoms with van der Waals surface area (Å²) >= 11 is 0. The second-order valence-corrected chi connectivity index (χ2v) is 7.15. The van der Waals surface area contributed by atoms with Gasteiger partial charge in [0, 0.05) is 31.4 Å². The average Bonchev–Trinajstić information content (AvgIpc) is 3.12. The zero-order valence-corrected chi connectivity index (χ0v) is 16.7. The Morgan fingerprint density at radius 2 is 2.00 bits per heavy atom. The summed E-state index contributed by atoms with van der Waals surface area (Å²) in [6.45, 7) is 6.71.